The van der Waals surface area contributed by atoms with Gasteiger partial charge in [-0.3, -0.25) is 0 Å². The Labute approximate surface area is 107 Å². The molecule has 1 aromatic carbocycles. The number of thioether (sulfide) groups is 1. The monoisotopic (exact) mass is 254 g/mol. The maximum atomic E-state index is 5.34. The molecule has 0 atom stereocenters. The molecule has 0 saturated heterocycles. The van der Waals surface area contributed by atoms with Crippen molar-refractivity contribution in [3.63, 3.8) is 0 Å². The summed E-state index contributed by atoms with van der Waals surface area (Å²) in [6.45, 7) is 6.08. The molecule has 0 unspecified atom stereocenters. The Morgan fingerprint density at radius 2 is 2.06 bits per heavy atom. The lowest BCUT2D eigenvalue weighted by atomic mass is 10.3. The van der Waals surface area contributed by atoms with Crippen molar-refractivity contribution in [2.24, 2.45) is 0 Å². The van der Waals surface area contributed by atoms with Crippen LogP contribution < -0.4 is 5.32 Å². The predicted octanol–water partition coefficient (Wildman–Crippen LogP) is 3.45. The number of hydrogen-bond donors (Lipinski definition) is 1. The average molecular weight is 254 g/mol. The molecule has 2 nitrogen and oxygen atoms in total. The van der Waals surface area contributed by atoms with E-state index in [9.17, 15) is 0 Å². The van der Waals surface area contributed by atoms with Crippen LogP contribution in [0.2, 0.25) is 0 Å². The quantitative estimate of drug-likeness (QED) is 0.653. The fraction of sp³-hybridized carbons (Fsp3) is 0.417. The summed E-state index contributed by atoms with van der Waals surface area (Å²) < 4.78 is 0. The van der Waals surface area contributed by atoms with Crippen molar-refractivity contribution in [3.8, 4) is 0 Å². The predicted molar refractivity (Wildman–Crippen MR) is 77.4 cm³/mol. The Morgan fingerprint density at radius 3 is 2.62 bits per heavy atom. The topological polar surface area (TPSA) is 15.3 Å². The molecule has 0 spiro atoms. The van der Waals surface area contributed by atoms with Crippen molar-refractivity contribution in [3.05, 3.63) is 24.3 Å². The summed E-state index contributed by atoms with van der Waals surface area (Å²) in [7, 11) is 0. The summed E-state index contributed by atoms with van der Waals surface area (Å²) in [4.78, 5) is 3.37. The number of rotatable bonds is 4. The molecule has 0 saturated carbocycles. The van der Waals surface area contributed by atoms with Gasteiger partial charge in [0.1, 0.15) is 0 Å². The van der Waals surface area contributed by atoms with Gasteiger partial charge in [0, 0.05) is 23.7 Å². The fourth-order valence-electron chi connectivity index (χ4n) is 1.41. The lowest BCUT2D eigenvalue weighted by molar-refractivity contribution is 0.473. The van der Waals surface area contributed by atoms with Crippen molar-refractivity contribution in [1.29, 1.82) is 0 Å². The van der Waals surface area contributed by atoms with Gasteiger partial charge in [-0.15, -0.1) is 11.8 Å². The zero-order chi connectivity index (χ0) is 12.0. The Kier molecular flexibility index (Phi) is 5.63. The highest BCUT2D eigenvalue weighted by Gasteiger charge is 2.04. The maximum absolute atomic E-state index is 5.34. The van der Waals surface area contributed by atoms with E-state index in [1.165, 1.54) is 4.90 Å². The molecular weight excluding hydrogens is 236 g/mol. The van der Waals surface area contributed by atoms with Gasteiger partial charge in [-0.25, -0.2) is 0 Å². The molecule has 0 radical (unpaired) electrons. The molecule has 1 N–H and O–H groups in total. The minimum absolute atomic E-state index is 0.795. The van der Waals surface area contributed by atoms with Gasteiger partial charge in [-0.2, -0.15) is 0 Å². The van der Waals surface area contributed by atoms with Crippen LogP contribution in [-0.4, -0.2) is 29.4 Å². The molecule has 1 rings (SSSR count). The third-order valence-electron chi connectivity index (χ3n) is 2.37. The summed E-state index contributed by atoms with van der Waals surface area (Å²) in [6.07, 6.45) is 2.07. The number of anilines is 1. The normalized spacial score (nSPS) is 9.94. The van der Waals surface area contributed by atoms with E-state index in [-0.39, 0.29) is 0 Å². The summed E-state index contributed by atoms with van der Waals surface area (Å²) in [6, 6.07) is 8.28. The Balaban J connectivity index is 2.68. The zero-order valence-electron chi connectivity index (χ0n) is 9.99. The van der Waals surface area contributed by atoms with Crippen molar-refractivity contribution in [2.75, 3.05) is 24.7 Å². The number of benzene rings is 1. The second-order valence-electron chi connectivity index (χ2n) is 3.33. The maximum Gasteiger partial charge on any atom is 0.173 e. The van der Waals surface area contributed by atoms with Crippen molar-refractivity contribution < 1.29 is 0 Å². The number of hydrogen-bond acceptors (Lipinski definition) is 2. The highest BCUT2D eigenvalue weighted by molar-refractivity contribution is 7.98. The smallest absolute Gasteiger partial charge is 0.173 e. The molecule has 0 fully saturated rings. The van der Waals surface area contributed by atoms with Gasteiger partial charge in [0.2, 0.25) is 0 Å². The molecule has 0 aliphatic carbocycles. The number of nitrogens with zero attached hydrogens (tertiary/aromatic N) is 1. The lowest BCUT2D eigenvalue weighted by Gasteiger charge is -2.22. The first-order valence-corrected chi connectivity index (χ1v) is 7.04. The SMILES string of the molecule is CCN(CC)C(=S)Nc1cccc(SC)c1. The van der Waals surface area contributed by atoms with Crippen molar-refractivity contribution in [2.45, 2.75) is 18.7 Å². The Hall–Kier alpha value is -0.740. The van der Waals surface area contributed by atoms with E-state index < -0.39 is 0 Å². The standard InChI is InChI=1S/C12H18N2S2/c1-4-14(5-2)12(15)13-10-7-6-8-11(9-10)16-3/h6-9H,4-5H2,1-3H3,(H,13,15). The minimum Gasteiger partial charge on any atom is -0.350 e. The first-order valence-electron chi connectivity index (χ1n) is 5.41. The van der Waals surface area contributed by atoms with Crippen LogP contribution in [0.3, 0.4) is 0 Å². The minimum atomic E-state index is 0.795. The average Bonchev–Trinajstić information content (AvgIpc) is 2.31. The van der Waals surface area contributed by atoms with Gasteiger partial charge in [0.05, 0.1) is 0 Å². The molecule has 0 aliphatic rings. The summed E-state index contributed by atoms with van der Waals surface area (Å²) in [5.41, 5.74) is 1.06. The van der Waals surface area contributed by atoms with Gasteiger partial charge >= 0.3 is 0 Å². The number of thiocarbonyl (C=S) groups is 1. The number of nitrogens with one attached hydrogen (secondary N) is 1. The molecule has 0 bridgehead atoms. The van der Waals surface area contributed by atoms with Crippen LogP contribution in [0.4, 0.5) is 5.69 Å². The van der Waals surface area contributed by atoms with Crippen LogP contribution in [0.25, 0.3) is 0 Å². The zero-order valence-corrected chi connectivity index (χ0v) is 11.6. The summed E-state index contributed by atoms with van der Waals surface area (Å²) in [5.74, 6) is 0. The van der Waals surface area contributed by atoms with Gasteiger partial charge in [-0.1, -0.05) is 6.07 Å². The summed E-state index contributed by atoms with van der Waals surface area (Å²) in [5, 5.41) is 4.06. The van der Waals surface area contributed by atoms with E-state index in [2.05, 4.69) is 42.5 Å². The van der Waals surface area contributed by atoms with E-state index in [1.54, 1.807) is 11.8 Å². The first-order chi connectivity index (χ1) is 7.71. The largest absolute Gasteiger partial charge is 0.350 e. The third-order valence-corrected chi connectivity index (χ3v) is 3.46. The molecule has 0 aliphatic heterocycles. The fourth-order valence-corrected chi connectivity index (χ4v) is 2.25. The van der Waals surface area contributed by atoms with Gasteiger partial charge in [0.25, 0.3) is 0 Å². The Bertz CT molecular complexity index is 349. The van der Waals surface area contributed by atoms with E-state index in [0.717, 1.165) is 23.9 Å². The molecular formula is C12H18N2S2. The highest BCUT2D eigenvalue weighted by Crippen LogP contribution is 2.19. The second kappa shape index (κ2) is 6.76. The first kappa shape index (κ1) is 13.3. The second-order valence-corrected chi connectivity index (χ2v) is 4.60. The Morgan fingerprint density at radius 1 is 1.38 bits per heavy atom. The van der Waals surface area contributed by atoms with E-state index in [1.807, 2.05) is 12.1 Å². The van der Waals surface area contributed by atoms with Crippen LogP contribution in [0.15, 0.2) is 29.2 Å². The van der Waals surface area contributed by atoms with E-state index in [0.29, 0.717) is 0 Å². The molecule has 16 heavy (non-hydrogen) atoms. The van der Waals surface area contributed by atoms with Gasteiger partial charge in [-0.05, 0) is 50.5 Å². The molecule has 4 heteroatoms. The van der Waals surface area contributed by atoms with Gasteiger partial charge in [0.15, 0.2) is 5.11 Å². The molecule has 1 aromatic rings. The van der Waals surface area contributed by atoms with Crippen LogP contribution in [0.5, 0.6) is 0 Å². The van der Waals surface area contributed by atoms with E-state index >= 15 is 0 Å². The lowest BCUT2D eigenvalue weighted by Crippen LogP contribution is -2.34. The molecule has 88 valence electrons. The van der Waals surface area contributed by atoms with Gasteiger partial charge < -0.3 is 10.2 Å². The van der Waals surface area contributed by atoms with Crippen molar-refractivity contribution in [1.82, 2.24) is 4.90 Å². The van der Waals surface area contributed by atoms with Crippen LogP contribution in [-0.2, 0) is 0 Å². The molecule has 0 aromatic heterocycles. The highest BCUT2D eigenvalue weighted by atomic mass is 32.2. The molecule has 0 heterocycles. The molecule has 0 amide bonds. The summed E-state index contributed by atoms with van der Waals surface area (Å²) >= 11 is 7.08. The van der Waals surface area contributed by atoms with Crippen LogP contribution in [0.1, 0.15) is 13.8 Å². The van der Waals surface area contributed by atoms with E-state index in [4.69, 9.17) is 12.2 Å². The third kappa shape index (κ3) is 3.68. The van der Waals surface area contributed by atoms with Crippen LogP contribution in [0, 0.1) is 0 Å². The van der Waals surface area contributed by atoms with Crippen molar-refractivity contribution >= 4 is 34.8 Å². The van der Waals surface area contributed by atoms with Crippen LogP contribution >= 0.6 is 24.0 Å².